The number of hydrogen-bond acceptors (Lipinski definition) is 1. The summed E-state index contributed by atoms with van der Waals surface area (Å²) >= 11 is 0. The van der Waals surface area contributed by atoms with Gasteiger partial charge in [0.1, 0.15) is 0 Å². The van der Waals surface area contributed by atoms with Gasteiger partial charge in [0.25, 0.3) is 0 Å². The van der Waals surface area contributed by atoms with E-state index in [2.05, 4.69) is 66.6 Å². The van der Waals surface area contributed by atoms with Gasteiger partial charge in [-0.2, -0.15) is 0 Å². The van der Waals surface area contributed by atoms with Gasteiger partial charge in [0.15, 0.2) is 0 Å². The van der Waals surface area contributed by atoms with Crippen LogP contribution < -0.4 is 0 Å². The Balaban J connectivity index is 0.000000774. The minimum atomic E-state index is 0.412. The number of likely N-dealkylation sites (N-methyl/N-ethyl adjacent to an activating group) is 1. The van der Waals surface area contributed by atoms with Gasteiger partial charge in [0.05, 0.1) is 6.04 Å². The van der Waals surface area contributed by atoms with Crippen LogP contribution in [-0.4, -0.2) is 18.5 Å². The van der Waals surface area contributed by atoms with Crippen molar-refractivity contribution in [1.29, 1.82) is 0 Å². The van der Waals surface area contributed by atoms with E-state index in [1.807, 2.05) is 13.8 Å². The fourth-order valence-corrected chi connectivity index (χ4v) is 3.15. The molecule has 0 aromatic heterocycles. The molecule has 0 N–H and O–H groups in total. The van der Waals surface area contributed by atoms with E-state index in [4.69, 9.17) is 0 Å². The summed E-state index contributed by atoms with van der Waals surface area (Å²) < 4.78 is 0. The standard InChI is InChI=1S/C18H21N.C2H6/c1-19-14-8-12-15-9-6-7-13-17(15)18(19)16-10-4-2-3-5-11-16;1-2/h2-4,6-7,9-11,13,18H,5,8,12,14H2,1H3;1-2H3. The third-order valence-electron chi connectivity index (χ3n) is 4.09. The van der Waals surface area contributed by atoms with Crippen molar-refractivity contribution in [2.45, 2.75) is 39.2 Å². The highest BCUT2D eigenvalue weighted by Crippen LogP contribution is 2.34. The quantitative estimate of drug-likeness (QED) is 0.694. The van der Waals surface area contributed by atoms with Crippen LogP contribution in [0.4, 0.5) is 0 Å². The van der Waals surface area contributed by atoms with Crippen LogP contribution in [0.3, 0.4) is 0 Å². The third kappa shape index (κ3) is 3.74. The minimum Gasteiger partial charge on any atom is -0.295 e. The average molecular weight is 281 g/mol. The van der Waals surface area contributed by atoms with Crippen LogP contribution in [0.25, 0.3) is 0 Å². The second-order valence-electron chi connectivity index (χ2n) is 5.41. The minimum absolute atomic E-state index is 0.412. The first-order valence-electron chi connectivity index (χ1n) is 8.17. The van der Waals surface area contributed by atoms with Crippen molar-refractivity contribution < 1.29 is 0 Å². The molecule has 3 rings (SSSR count). The molecule has 112 valence electrons. The topological polar surface area (TPSA) is 3.24 Å². The molecule has 0 radical (unpaired) electrons. The van der Waals surface area contributed by atoms with Crippen LogP contribution >= 0.6 is 0 Å². The van der Waals surface area contributed by atoms with Crippen molar-refractivity contribution in [3.05, 3.63) is 71.3 Å². The van der Waals surface area contributed by atoms with Crippen LogP contribution in [0.15, 0.2) is 60.2 Å². The smallest absolute Gasteiger partial charge is 0.0599 e. The SMILES string of the molecule is CC.CN1CCCc2ccccc2C1C1=CCC=CC=C1. The molecule has 0 spiro atoms. The zero-order chi connectivity index (χ0) is 15.1. The van der Waals surface area contributed by atoms with Crippen LogP contribution in [0, 0.1) is 0 Å². The molecule has 0 amide bonds. The molecule has 1 aromatic rings. The van der Waals surface area contributed by atoms with E-state index in [9.17, 15) is 0 Å². The lowest BCUT2D eigenvalue weighted by Crippen LogP contribution is -2.25. The monoisotopic (exact) mass is 281 g/mol. The fourth-order valence-electron chi connectivity index (χ4n) is 3.15. The lowest BCUT2D eigenvalue weighted by molar-refractivity contribution is 0.284. The Kier molecular flexibility index (Phi) is 6.01. The van der Waals surface area contributed by atoms with Crippen molar-refractivity contribution in [2.75, 3.05) is 13.6 Å². The normalized spacial score (nSPS) is 21.5. The number of benzene rings is 1. The van der Waals surface area contributed by atoms with Gasteiger partial charge < -0.3 is 0 Å². The number of hydrogen-bond donors (Lipinski definition) is 0. The van der Waals surface area contributed by atoms with Crippen LogP contribution in [0.2, 0.25) is 0 Å². The zero-order valence-electron chi connectivity index (χ0n) is 13.5. The van der Waals surface area contributed by atoms with Crippen LogP contribution in [0.1, 0.15) is 43.9 Å². The molecule has 1 heteroatoms. The number of nitrogens with zero attached hydrogens (tertiary/aromatic N) is 1. The molecule has 2 aliphatic rings. The Morgan fingerprint density at radius 2 is 1.90 bits per heavy atom. The second kappa shape index (κ2) is 7.99. The molecule has 0 fully saturated rings. The molecule has 1 nitrogen and oxygen atoms in total. The Morgan fingerprint density at radius 1 is 1.10 bits per heavy atom. The molecule has 0 saturated heterocycles. The van der Waals surface area contributed by atoms with Crippen molar-refractivity contribution in [2.24, 2.45) is 0 Å². The summed E-state index contributed by atoms with van der Waals surface area (Å²) in [6, 6.07) is 9.34. The Hall–Kier alpha value is -1.60. The molecule has 1 aliphatic heterocycles. The highest BCUT2D eigenvalue weighted by atomic mass is 15.1. The maximum absolute atomic E-state index is 2.49. The van der Waals surface area contributed by atoms with Gasteiger partial charge in [-0.05, 0) is 49.6 Å². The van der Waals surface area contributed by atoms with E-state index in [0.29, 0.717) is 6.04 Å². The number of allylic oxidation sites excluding steroid dienone is 4. The van der Waals surface area contributed by atoms with E-state index in [-0.39, 0.29) is 0 Å². The third-order valence-corrected chi connectivity index (χ3v) is 4.09. The Labute approximate surface area is 129 Å². The summed E-state index contributed by atoms with van der Waals surface area (Å²) in [6.45, 7) is 5.16. The van der Waals surface area contributed by atoms with Gasteiger partial charge >= 0.3 is 0 Å². The van der Waals surface area contributed by atoms with Crippen molar-refractivity contribution in [3.63, 3.8) is 0 Å². The molecule has 1 aliphatic carbocycles. The predicted octanol–water partition coefficient (Wildman–Crippen LogP) is 5.07. The van der Waals surface area contributed by atoms with Crippen molar-refractivity contribution in [1.82, 2.24) is 4.90 Å². The Bertz CT molecular complexity index is 537. The molecule has 1 heterocycles. The summed E-state index contributed by atoms with van der Waals surface area (Å²) in [5, 5.41) is 0. The molecular weight excluding hydrogens is 254 g/mol. The van der Waals surface area contributed by atoms with Gasteiger partial charge in [-0.1, -0.05) is 68.5 Å². The lowest BCUT2D eigenvalue weighted by Gasteiger charge is -2.28. The van der Waals surface area contributed by atoms with Gasteiger partial charge in [-0.25, -0.2) is 0 Å². The van der Waals surface area contributed by atoms with Gasteiger partial charge in [0, 0.05) is 0 Å². The molecular formula is C20H27N. The molecule has 21 heavy (non-hydrogen) atoms. The summed E-state index contributed by atoms with van der Waals surface area (Å²) in [5.41, 5.74) is 4.44. The van der Waals surface area contributed by atoms with E-state index >= 15 is 0 Å². The highest BCUT2D eigenvalue weighted by Gasteiger charge is 2.24. The van der Waals surface area contributed by atoms with Gasteiger partial charge in [-0.15, -0.1) is 0 Å². The first kappa shape index (κ1) is 15.8. The zero-order valence-corrected chi connectivity index (χ0v) is 13.5. The average Bonchev–Trinajstić information content (AvgIpc) is 2.87. The van der Waals surface area contributed by atoms with Crippen LogP contribution in [-0.2, 0) is 6.42 Å². The number of fused-ring (bicyclic) bond motifs is 1. The maximum atomic E-state index is 2.49. The summed E-state index contributed by atoms with van der Waals surface area (Å²) in [6.07, 6.45) is 14.6. The molecule has 0 saturated carbocycles. The summed E-state index contributed by atoms with van der Waals surface area (Å²) in [7, 11) is 2.25. The first-order chi connectivity index (χ1) is 10.4. The maximum Gasteiger partial charge on any atom is 0.0599 e. The predicted molar refractivity (Wildman–Crippen MR) is 92.5 cm³/mol. The van der Waals surface area contributed by atoms with Crippen molar-refractivity contribution >= 4 is 0 Å². The van der Waals surface area contributed by atoms with Crippen LogP contribution in [0.5, 0.6) is 0 Å². The number of aryl methyl sites for hydroxylation is 1. The lowest BCUT2D eigenvalue weighted by atomic mass is 9.92. The molecule has 1 atom stereocenters. The Morgan fingerprint density at radius 3 is 2.76 bits per heavy atom. The van der Waals surface area contributed by atoms with E-state index < -0.39 is 0 Å². The first-order valence-corrected chi connectivity index (χ1v) is 8.17. The summed E-state index contributed by atoms with van der Waals surface area (Å²) in [5.74, 6) is 0. The van der Waals surface area contributed by atoms with Crippen molar-refractivity contribution in [3.8, 4) is 0 Å². The molecule has 1 aromatic carbocycles. The summed E-state index contributed by atoms with van der Waals surface area (Å²) in [4.78, 5) is 2.49. The van der Waals surface area contributed by atoms with E-state index in [1.165, 1.54) is 29.5 Å². The fraction of sp³-hybridized carbons (Fsp3) is 0.400. The van der Waals surface area contributed by atoms with E-state index in [0.717, 1.165) is 13.0 Å². The van der Waals surface area contributed by atoms with Gasteiger partial charge in [-0.3, -0.25) is 4.90 Å². The molecule has 1 unspecified atom stereocenters. The second-order valence-corrected chi connectivity index (χ2v) is 5.41. The molecule has 0 bridgehead atoms. The largest absolute Gasteiger partial charge is 0.295 e. The van der Waals surface area contributed by atoms with E-state index in [1.54, 1.807) is 0 Å². The van der Waals surface area contributed by atoms with Gasteiger partial charge in [0.2, 0.25) is 0 Å². The highest BCUT2D eigenvalue weighted by molar-refractivity contribution is 5.41. The number of rotatable bonds is 1.